The largest absolute Gasteiger partial charge is 0.489 e. The van der Waals surface area contributed by atoms with Gasteiger partial charge in [-0.2, -0.15) is 0 Å². The maximum atomic E-state index is 12.5. The molecular formula is C23H25N3O3S. The van der Waals surface area contributed by atoms with Gasteiger partial charge >= 0.3 is 4.87 Å². The van der Waals surface area contributed by atoms with Gasteiger partial charge in [-0.05, 0) is 30.2 Å². The van der Waals surface area contributed by atoms with E-state index in [1.54, 1.807) is 17.8 Å². The van der Waals surface area contributed by atoms with Gasteiger partial charge in [0.15, 0.2) is 0 Å². The highest BCUT2D eigenvalue weighted by Crippen LogP contribution is 2.38. The number of fused-ring (bicyclic) bond motifs is 1. The van der Waals surface area contributed by atoms with Crippen molar-refractivity contribution < 1.29 is 9.53 Å². The molecule has 2 aromatic heterocycles. The van der Waals surface area contributed by atoms with E-state index in [0.29, 0.717) is 6.04 Å². The maximum absolute atomic E-state index is 12.5. The van der Waals surface area contributed by atoms with E-state index in [1.807, 2.05) is 49.2 Å². The predicted molar refractivity (Wildman–Crippen MR) is 118 cm³/mol. The van der Waals surface area contributed by atoms with Gasteiger partial charge in [-0.3, -0.25) is 14.6 Å². The molecule has 0 N–H and O–H groups in total. The first-order valence-electron chi connectivity index (χ1n) is 10.3. The third kappa shape index (κ3) is 3.21. The topological polar surface area (TPSA) is 64.4 Å². The van der Waals surface area contributed by atoms with Crippen LogP contribution in [-0.4, -0.2) is 39.0 Å². The second-order valence-corrected chi connectivity index (χ2v) is 10.0. The third-order valence-corrected chi connectivity index (χ3v) is 7.47. The quantitative estimate of drug-likeness (QED) is 0.640. The van der Waals surface area contributed by atoms with Gasteiger partial charge in [-0.25, -0.2) is 0 Å². The second-order valence-electron chi connectivity index (χ2n) is 9.02. The number of nitrogens with zero attached hydrogens (tertiary/aromatic N) is 3. The minimum atomic E-state index is -0.224. The first-order valence-corrected chi connectivity index (χ1v) is 11.2. The zero-order valence-electron chi connectivity index (χ0n) is 17.4. The first-order chi connectivity index (χ1) is 14.3. The Balaban J connectivity index is 1.28. The third-order valence-electron chi connectivity index (χ3n) is 6.47. The molecule has 0 bridgehead atoms. The van der Waals surface area contributed by atoms with Crippen molar-refractivity contribution >= 4 is 27.5 Å². The molecule has 3 heterocycles. The molecular weight excluding hydrogens is 398 g/mol. The van der Waals surface area contributed by atoms with Crippen molar-refractivity contribution in [3.05, 3.63) is 46.3 Å². The molecule has 1 amide bonds. The molecule has 7 heteroatoms. The molecule has 2 aliphatic rings. The lowest BCUT2D eigenvalue weighted by molar-refractivity contribution is -0.139. The van der Waals surface area contributed by atoms with Gasteiger partial charge in [0.05, 0.1) is 16.4 Å². The summed E-state index contributed by atoms with van der Waals surface area (Å²) in [5.41, 5.74) is 2.69. The van der Waals surface area contributed by atoms with Crippen LogP contribution in [0.15, 0.2) is 41.5 Å². The van der Waals surface area contributed by atoms with Crippen molar-refractivity contribution in [2.24, 2.45) is 12.5 Å². The number of carbonyl (C=O) groups is 1. The number of thiazole rings is 1. The van der Waals surface area contributed by atoms with Crippen LogP contribution in [0.25, 0.3) is 21.3 Å². The summed E-state index contributed by atoms with van der Waals surface area (Å²) in [6.45, 7) is 4.92. The Hall–Kier alpha value is -2.67. The summed E-state index contributed by atoms with van der Waals surface area (Å²) in [4.78, 5) is 30.8. The number of hydrogen-bond donors (Lipinski definition) is 0. The SMILES string of the molecule is Cn1c(=O)sc2cc(-c3cncc(OC4CC(N5CCC(C)(C)C5=O)C4)c3)ccc21. The smallest absolute Gasteiger partial charge is 0.307 e. The van der Waals surface area contributed by atoms with E-state index in [1.165, 1.54) is 11.3 Å². The predicted octanol–water partition coefficient (Wildman–Crippen LogP) is 3.83. The number of amides is 1. The summed E-state index contributed by atoms with van der Waals surface area (Å²) in [6.07, 6.45) is 6.34. The minimum Gasteiger partial charge on any atom is -0.489 e. The van der Waals surface area contributed by atoms with Gasteiger partial charge in [0, 0.05) is 49.7 Å². The molecule has 0 unspecified atom stereocenters. The number of likely N-dealkylation sites (tertiary alicyclic amines) is 1. The molecule has 1 saturated carbocycles. The molecule has 0 spiro atoms. The molecule has 2 fully saturated rings. The summed E-state index contributed by atoms with van der Waals surface area (Å²) >= 11 is 1.25. The van der Waals surface area contributed by atoms with Crippen LogP contribution >= 0.6 is 11.3 Å². The van der Waals surface area contributed by atoms with E-state index in [-0.39, 0.29) is 22.3 Å². The summed E-state index contributed by atoms with van der Waals surface area (Å²) in [6, 6.07) is 8.31. The van der Waals surface area contributed by atoms with Gasteiger partial charge < -0.3 is 14.2 Å². The second kappa shape index (κ2) is 6.94. The average molecular weight is 424 g/mol. The van der Waals surface area contributed by atoms with Crippen molar-refractivity contribution in [2.75, 3.05) is 6.54 Å². The van der Waals surface area contributed by atoms with Crippen LogP contribution in [0.4, 0.5) is 0 Å². The average Bonchev–Trinajstić information content (AvgIpc) is 3.13. The van der Waals surface area contributed by atoms with Gasteiger partial charge in [-0.15, -0.1) is 0 Å². The number of aromatic nitrogens is 2. The molecule has 30 heavy (non-hydrogen) atoms. The Morgan fingerprint density at radius 1 is 1.13 bits per heavy atom. The summed E-state index contributed by atoms with van der Waals surface area (Å²) in [5, 5.41) is 0. The number of hydrogen-bond acceptors (Lipinski definition) is 5. The number of rotatable bonds is 4. The first kappa shape index (κ1) is 19.3. The van der Waals surface area contributed by atoms with E-state index in [2.05, 4.69) is 4.98 Å². The van der Waals surface area contributed by atoms with E-state index >= 15 is 0 Å². The molecule has 3 aromatic rings. The lowest BCUT2D eigenvalue weighted by Gasteiger charge is -2.41. The lowest BCUT2D eigenvalue weighted by atomic mass is 9.87. The monoisotopic (exact) mass is 423 g/mol. The molecule has 1 saturated heterocycles. The molecule has 1 aliphatic carbocycles. The fraction of sp³-hybridized carbons (Fsp3) is 0.435. The van der Waals surface area contributed by atoms with Crippen LogP contribution in [0.3, 0.4) is 0 Å². The van der Waals surface area contributed by atoms with Crippen LogP contribution in [0, 0.1) is 5.41 Å². The molecule has 6 nitrogen and oxygen atoms in total. The minimum absolute atomic E-state index is 0.0387. The molecule has 0 radical (unpaired) electrons. The van der Waals surface area contributed by atoms with Gasteiger partial charge in [0.1, 0.15) is 11.9 Å². The van der Waals surface area contributed by atoms with E-state index < -0.39 is 0 Å². The molecule has 156 valence electrons. The van der Waals surface area contributed by atoms with Crippen molar-refractivity contribution in [3.63, 3.8) is 0 Å². The Morgan fingerprint density at radius 3 is 2.67 bits per heavy atom. The highest BCUT2D eigenvalue weighted by atomic mass is 32.1. The van der Waals surface area contributed by atoms with Gasteiger partial charge in [0.25, 0.3) is 0 Å². The van der Waals surface area contributed by atoms with Crippen LogP contribution < -0.4 is 9.61 Å². The zero-order valence-corrected chi connectivity index (χ0v) is 18.2. The fourth-order valence-electron chi connectivity index (χ4n) is 4.38. The summed E-state index contributed by atoms with van der Waals surface area (Å²) in [5.74, 6) is 1.01. The van der Waals surface area contributed by atoms with E-state index in [0.717, 1.165) is 52.9 Å². The molecule has 1 aliphatic heterocycles. The molecule has 5 rings (SSSR count). The number of ether oxygens (including phenoxy) is 1. The van der Waals surface area contributed by atoms with Crippen LogP contribution in [0.5, 0.6) is 5.75 Å². The Labute approximate surface area is 179 Å². The molecule has 1 aromatic carbocycles. The highest BCUT2D eigenvalue weighted by molar-refractivity contribution is 7.16. The lowest BCUT2D eigenvalue weighted by Crippen LogP contribution is -2.50. The van der Waals surface area contributed by atoms with Crippen molar-refractivity contribution in [1.82, 2.24) is 14.5 Å². The number of aryl methyl sites for hydroxylation is 1. The van der Waals surface area contributed by atoms with Crippen LogP contribution in [0.1, 0.15) is 33.1 Å². The van der Waals surface area contributed by atoms with Crippen LogP contribution in [-0.2, 0) is 11.8 Å². The fourth-order valence-corrected chi connectivity index (χ4v) is 5.30. The van der Waals surface area contributed by atoms with Crippen molar-refractivity contribution in [2.45, 2.75) is 45.3 Å². The van der Waals surface area contributed by atoms with Gasteiger partial charge in [-0.1, -0.05) is 31.3 Å². The Kier molecular flexibility index (Phi) is 4.47. The van der Waals surface area contributed by atoms with Crippen molar-refractivity contribution in [1.29, 1.82) is 0 Å². The van der Waals surface area contributed by atoms with Crippen LogP contribution in [0.2, 0.25) is 0 Å². The maximum Gasteiger partial charge on any atom is 0.307 e. The zero-order chi connectivity index (χ0) is 21.0. The number of pyridine rings is 1. The molecule has 0 atom stereocenters. The Morgan fingerprint density at radius 2 is 1.93 bits per heavy atom. The van der Waals surface area contributed by atoms with E-state index in [9.17, 15) is 9.59 Å². The number of carbonyl (C=O) groups excluding carboxylic acids is 1. The van der Waals surface area contributed by atoms with Gasteiger partial charge in [0.2, 0.25) is 5.91 Å². The Bertz CT molecular complexity index is 1190. The summed E-state index contributed by atoms with van der Waals surface area (Å²) < 4.78 is 8.78. The highest BCUT2D eigenvalue weighted by Gasteiger charge is 2.46. The normalized spacial score (nSPS) is 23.0. The van der Waals surface area contributed by atoms with Crippen molar-refractivity contribution in [3.8, 4) is 16.9 Å². The number of benzene rings is 1. The standard InChI is InChI=1S/C23H25N3O3S/c1-23(2)6-7-26(21(23)27)16-10-17(11-16)29-18-8-15(12-24-13-18)14-4-5-19-20(9-14)30-22(28)25(19)3/h4-5,8-9,12-13,16-17H,6-7,10-11H2,1-3H3. The van der Waals surface area contributed by atoms with E-state index in [4.69, 9.17) is 4.74 Å². The summed E-state index contributed by atoms with van der Waals surface area (Å²) in [7, 11) is 1.79.